The van der Waals surface area contributed by atoms with Gasteiger partial charge in [-0.2, -0.15) is 0 Å². The highest BCUT2D eigenvalue weighted by Gasteiger charge is 2.53. The third-order valence-corrected chi connectivity index (χ3v) is 10.8. The van der Waals surface area contributed by atoms with Crippen molar-refractivity contribution in [2.24, 2.45) is 5.41 Å². The van der Waals surface area contributed by atoms with Crippen molar-refractivity contribution in [2.45, 2.75) is 110 Å². The molecule has 54 heavy (non-hydrogen) atoms. The summed E-state index contributed by atoms with van der Waals surface area (Å²) in [6.07, 6.45) is 2.21. The fourth-order valence-electron chi connectivity index (χ4n) is 6.00. The summed E-state index contributed by atoms with van der Waals surface area (Å²) in [6, 6.07) is 23.6. The van der Waals surface area contributed by atoms with E-state index in [1.54, 1.807) is 75.4 Å². The minimum atomic E-state index is -2.73. The summed E-state index contributed by atoms with van der Waals surface area (Å²) in [5.74, 6) is -2.77. The lowest BCUT2D eigenvalue weighted by atomic mass is 9.76. The molecule has 0 aliphatic heterocycles. The molecule has 3 N–H and O–H groups in total. The minimum absolute atomic E-state index is 0.00980. The van der Waals surface area contributed by atoms with E-state index in [0.29, 0.717) is 22.2 Å². The number of carbonyl (C=O) groups excluding carboxylic acids is 3. The van der Waals surface area contributed by atoms with Gasteiger partial charge in [0.1, 0.15) is 5.75 Å². The van der Waals surface area contributed by atoms with Gasteiger partial charge < -0.3 is 20.5 Å². The van der Waals surface area contributed by atoms with Crippen LogP contribution in [0.1, 0.15) is 105 Å². The summed E-state index contributed by atoms with van der Waals surface area (Å²) in [7, 11) is 0. The average Bonchev–Trinajstić information content (AvgIpc) is 3.36. The van der Waals surface area contributed by atoms with Gasteiger partial charge in [0.05, 0.1) is 13.2 Å². The van der Waals surface area contributed by atoms with Gasteiger partial charge in [-0.25, -0.2) is 9.36 Å². The molecule has 1 heterocycles. The Morgan fingerprint density at radius 2 is 1.41 bits per heavy atom. The Labute approximate surface area is 323 Å². The normalized spacial score (nSPS) is 13.2. The van der Waals surface area contributed by atoms with Crippen LogP contribution in [0.15, 0.2) is 83.7 Å². The van der Waals surface area contributed by atoms with E-state index >= 15 is 0 Å². The number of hydrogen-bond donors (Lipinski definition) is 3. The molecule has 11 heteroatoms. The zero-order chi connectivity index (χ0) is 40.1. The number of ether oxygens (including phenoxy) is 1. The zero-order valence-electron chi connectivity index (χ0n) is 33.0. The number of amides is 2. The predicted molar refractivity (Wildman–Crippen MR) is 216 cm³/mol. The van der Waals surface area contributed by atoms with Crippen molar-refractivity contribution in [3.05, 3.63) is 106 Å². The number of halogens is 1. The number of aromatic hydroxyl groups is 1. The molecule has 1 unspecified atom stereocenters. The summed E-state index contributed by atoms with van der Waals surface area (Å²) in [5, 5.41) is 17.0. The van der Waals surface area contributed by atoms with Crippen LogP contribution < -0.4 is 21.1 Å². The third-order valence-electron chi connectivity index (χ3n) is 10.2. The Kier molecular flexibility index (Phi) is 12.9. The zero-order valence-corrected chi connectivity index (χ0v) is 33.8. The SMILES string of the molecule is CCC(C)(C)c1ccc(OCCCC(=O)Nc2c(O)n(C(Cl)(C(=O)Nc3ccccc3)C(=O)C(C)(C)C)c(=O)n2Cc2ccccc2)c(C(C)(C)CC)c1. The van der Waals surface area contributed by atoms with Crippen molar-refractivity contribution in [3.63, 3.8) is 0 Å². The Balaban J connectivity index is 1.66. The Morgan fingerprint density at radius 1 is 0.815 bits per heavy atom. The third kappa shape index (κ3) is 9.09. The molecule has 0 spiro atoms. The van der Waals surface area contributed by atoms with Gasteiger partial charge in [0.25, 0.3) is 10.9 Å². The molecule has 0 saturated carbocycles. The van der Waals surface area contributed by atoms with Gasteiger partial charge in [0.2, 0.25) is 11.8 Å². The van der Waals surface area contributed by atoms with E-state index in [4.69, 9.17) is 16.3 Å². The van der Waals surface area contributed by atoms with Crippen molar-refractivity contribution in [2.75, 3.05) is 17.2 Å². The number of aromatic nitrogens is 2. The number of para-hydroxylation sites is 1. The molecule has 4 rings (SSSR count). The van der Waals surface area contributed by atoms with E-state index in [9.17, 15) is 24.3 Å². The van der Waals surface area contributed by atoms with Gasteiger partial charge in [-0.15, -0.1) is 0 Å². The quantitative estimate of drug-likeness (QED) is 0.0595. The Bertz CT molecular complexity index is 2010. The summed E-state index contributed by atoms with van der Waals surface area (Å²) in [5.41, 5.74) is 1.01. The molecule has 3 aromatic carbocycles. The molecule has 0 fully saturated rings. The van der Waals surface area contributed by atoms with Crippen molar-refractivity contribution in [3.8, 4) is 11.6 Å². The first-order valence-corrected chi connectivity index (χ1v) is 18.9. The fraction of sp³-hybridized carbons (Fsp3) is 0.442. The molecule has 0 aliphatic rings. The maximum absolute atomic E-state index is 14.3. The van der Waals surface area contributed by atoms with Gasteiger partial charge in [0, 0.05) is 23.1 Å². The summed E-state index contributed by atoms with van der Waals surface area (Å²) < 4.78 is 7.92. The van der Waals surface area contributed by atoms with Gasteiger partial charge in [-0.3, -0.25) is 19.0 Å². The summed E-state index contributed by atoms with van der Waals surface area (Å²) in [6.45, 7) is 18.0. The minimum Gasteiger partial charge on any atom is -0.493 e. The van der Waals surface area contributed by atoms with Crippen LogP contribution in [0.5, 0.6) is 11.6 Å². The number of carbonyl (C=O) groups is 3. The predicted octanol–water partition coefficient (Wildman–Crippen LogP) is 8.72. The number of Topliss-reactive ketones (excluding diaryl/α,β-unsaturated/α-hetero) is 1. The first kappa shape index (κ1) is 41.9. The molecular formula is C43H55ClN4O6. The van der Waals surface area contributed by atoms with E-state index in [0.717, 1.165) is 28.7 Å². The van der Waals surface area contributed by atoms with E-state index in [1.807, 2.05) is 12.1 Å². The van der Waals surface area contributed by atoms with Crippen LogP contribution in [0.2, 0.25) is 0 Å². The highest BCUT2D eigenvalue weighted by atomic mass is 35.5. The fourth-order valence-corrected chi connectivity index (χ4v) is 6.48. The van der Waals surface area contributed by atoms with E-state index in [2.05, 4.69) is 64.3 Å². The molecule has 0 radical (unpaired) electrons. The molecule has 0 aliphatic carbocycles. The maximum atomic E-state index is 14.3. The van der Waals surface area contributed by atoms with Crippen LogP contribution in [0, 0.1) is 5.41 Å². The Hall–Kier alpha value is -4.83. The van der Waals surface area contributed by atoms with Gasteiger partial charge in [-0.05, 0) is 59.4 Å². The van der Waals surface area contributed by atoms with Crippen LogP contribution in [-0.2, 0) is 36.8 Å². The van der Waals surface area contributed by atoms with Crippen LogP contribution in [0.25, 0.3) is 0 Å². The lowest BCUT2D eigenvalue weighted by Crippen LogP contribution is -2.55. The maximum Gasteiger partial charge on any atom is 0.335 e. The number of imidazole rings is 1. The van der Waals surface area contributed by atoms with Crippen molar-refractivity contribution >= 4 is 40.7 Å². The van der Waals surface area contributed by atoms with E-state index in [1.165, 1.54) is 5.56 Å². The smallest absolute Gasteiger partial charge is 0.335 e. The van der Waals surface area contributed by atoms with E-state index < -0.39 is 39.6 Å². The molecule has 4 aromatic rings. The summed E-state index contributed by atoms with van der Waals surface area (Å²) in [4.78, 5) is 53.0. The number of rotatable bonds is 16. The number of ketones is 1. The van der Waals surface area contributed by atoms with Crippen LogP contribution in [-0.4, -0.2) is 38.4 Å². The molecule has 0 bridgehead atoms. The topological polar surface area (TPSA) is 132 Å². The largest absolute Gasteiger partial charge is 0.493 e. The first-order chi connectivity index (χ1) is 25.3. The lowest BCUT2D eigenvalue weighted by molar-refractivity contribution is -0.138. The van der Waals surface area contributed by atoms with Crippen LogP contribution in [0.3, 0.4) is 0 Å². The Morgan fingerprint density at radius 3 is 1.98 bits per heavy atom. The second-order valence-electron chi connectivity index (χ2n) is 16.1. The molecule has 0 saturated heterocycles. The molecule has 2 amide bonds. The highest BCUT2D eigenvalue weighted by Crippen LogP contribution is 2.40. The standard InChI is InChI=1S/C43H55ClN4O6/c1-10-41(6,7)30-24-25-33(32(27-30)42(8,9)11-2)54-26-18-23-34(49)46-35-36(50)48(39(53)47(35)28-29-19-14-12-15-20-29)43(44,37(51)40(3,4)5)38(52)45-31-21-16-13-17-22-31/h12-17,19-22,24-25,27,50H,10-11,18,23,26,28H2,1-9H3,(H,45,52)(H,46,49). The number of hydrogen-bond acceptors (Lipinski definition) is 6. The highest BCUT2D eigenvalue weighted by molar-refractivity contribution is 6.45. The van der Waals surface area contributed by atoms with Crippen LogP contribution in [0.4, 0.5) is 11.5 Å². The number of anilines is 2. The van der Waals surface area contributed by atoms with Gasteiger partial charge in [0.15, 0.2) is 11.6 Å². The van der Waals surface area contributed by atoms with Crippen molar-refractivity contribution in [1.29, 1.82) is 0 Å². The monoisotopic (exact) mass is 758 g/mol. The number of benzene rings is 3. The molecule has 10 nitrogen and oxygen atoms in total. The van der Waals surface area contributed by atoms with Gasteiger partial charge in [-0.1, -0.05) is 135 Å². The van der Waals surface area contributed by atoms with Crippen molar-refractivity contribution in [1.82, 2.24) is 9.13 Å². The first-order valence-electron chi connectivity index (χ1n) is 18.5. The summed E-state index contributed by atoms with van der Waals surface area (Å²) >= 11 is 6.99. The van der Waals surface area contributed by atoms with E-state index in [-0.39, 0.29) is 36.2 Å². The lowest BCUT2D eigenvalue weighted by Gasteiger charge is -2.31. The molecular weight excluding hydrogens is 704 g/mol. The molecule has 1 atom stereocenters. The van der Waals surface area contributed by atoms with Crippen LogP contribution >= 0.6 is 11.6 Å². The van der Waals surface area contributed by atoms with Crippen molar-refractivity contribution < 1.29 is 24.2 Å². The molecule has 290 valence electrons. The number of alkyl halides is 1. The number of nitrogens with one attached hydrogen (secondary N) is 2. The molecule has 1 aromatic heterocycles. The van der Waals surface area contributed by atoms with Gasteiger partial charge >= 0.3 is 5.69 Å². The number of nitrogens with zero attached hydrogens (tertiary/aromatic N) is 2. The average molecular weight is 759 g/mol. The second kappa shape index (κ2) is 16.7. The second-order valence-corrected chi connectivity index (χ2v) is 16.6.